The Balaban J connectivity index is 1.40. The number of nitrogens with one attached hydrogen (secondary N) is 1. The topological polar surface area (TPSA) is 55.8 Å². The van der Waals surface area contributed by atoms with E-state index in [0.717, 1.165) is 44.9 Å². The van der Waals surface area contributed by atoms with Gasteiger partial charge in [-0.15, -0.1) is 0 Å². The van der Waals surface area contributed by atoms with E-state index in [2.05, 4.69) is 15.1 Å². The molecule has 19 heavy (non-hydrogen) atoms. The Hall–Kier alpha value is -0.650. The highest BCUT2D eigenvalue weighted by molar-refractivity contribution is 5.73. The fourth-order valence-corrected chi connectivity index (χ4v) is 2.81. The van der Waals surface area contributed by atoms with Gasteiger partial charge < -0.3 is 15.3 Å². The van der Waals surface area contributed by atoms with Crippen molar-refractivity contribution in [3.63, 3.8) is 0 Å². The van der Waals surface area contributed by atoms with E-state index in [4.69, 9.17) is 0 Å². The van der Waals surface area contributed by atoms with Crippen LogP contribution < -0.4 is 5.32 Å². The minimum Gasteiger partial charge on any atom is -0.480 e. The molecule has 2 N–H and O–H groups in total. The number of hydrogen-bond acceptors (Lipinski definition) is 4. The maximum Gasteiger partial charge on any atom is 0.322 e. The molecule has 5 nitrogen and oxygen atoms in total. The normalized spacial score (nSPS) is 27.4. The monoisotopic (exact) mass is 267 g/mol. The first-order chi connectivity index (χ1) is 9.20. The van der Waals surface area contributed by atoms with Crippen LogP contribution in [0.3, 0.4) is 0 Å². The highest BCUT2D eigenvalue weighted by Gasteiger charge is 2.31. The predicted molar refractivity (Wildman–Crippen MR) is 73.2 cm³/mol. The number of piperazine rings is 1. The summed E-state index contributed by atoms with van der Waals surface area (Å²) >= 11 is 0. The molecule has 1 unspecified atom stereocenters. The Morgan fingerprint density at radius 3 is 2.26 bits per heavy atom. The lowest BCUT2D eigenvalue weighted by Gasteiger charge is -2.36. The van der Waals surface area contributed by atoms with Gasteiger partial charge in [0, 0.05) is 45.3 Å². The Bertz CT molecular complexity index is 321. The van der Waals surface area contributed by atoms with Crippen LogP contribution in [-0.2, 0) is 4.79 Å². The number of nitrogens with zero attached hydrogens (tertiary/aromatic N) is 2. The molecule has 3 aliphatic rings. The average Bonchev–Trinajstić information content (AvgIpc) is 3.25. The molecule has 0 radical (unpaired) electrons. The summed E-state index contributed by atoms with van der Waals surface area (Å²) in [4.78, 5) is 16.1. The van der Waals surface area contributed by atoms with Crippen molar-refractivity contribution in [3.05, 3.63) is 0 Å². The van der Waals surface area contributed by atoms with Crippen molar-refractivity contribution < 1.29 is 9.90 Å². The maximum atomic E-state index is 11.3. The van der Waals surface area contributed by atoms with Gasteiger partial charge in [-0.2, -0.15) is 0 Å². The SMILES string of the molecule is O=C(O)C(CN1CCN(CC2CC2)CC1)NC1CC1. The zero-order valence-electron chi connectivity index (χ0n) is 11.6. The minimum atomic E-state index is -0.702. The Morgan fingerprint density at radius 1 is 1.11 bits per heavy atom. The quantitative estimate of drug-likeness (QED) is 0.691. The van der Waals surface area contributed by atoms with E-state index in [1.807, 2.05) is 0 Å². The van der Waals surface area contributed by atoms with E-state index in [1.54, 1.807) is 0 Å². The fourth-order valence-electron chi connectivity index (χ4n) is 2.81. The molecule has 0 bridgehead atoms. The molecule has 1 heterocycles. The molecule has 2 saturated carbocycles. The van der Waals surface area contributed by atoms with Crippen molar-refractivity contribution >= 4 is 5.97 Å². The molecule has 2 aliphatic carbocycles. The third kappa shape index (κ3) is 4.16. The molecule has 3 fully saturated rings. The average molecular weight is 267 g/mol. The molecule has 5 heteroatoms. The van der Waals surface area contributed by atoms with Gasteiger partial charge in [0.2, 0.25) is 0 Å². The first-order valence-electron chi connectivity index (χ1n) is 7.64. The van der Waals surface area contributed by atoms with Crippen molar-refractivity contribution in [2.24, 2.45) is 5.92 Å². The Kier molecular flexibility index (Phi) is 4.05. The second kappa shape index (κ2) is 5.77. The number of carboxylic acids is 1. The van der Waals surface area contributed by atoms with Crippen molar-refractivity contribution in [2.75, 3.05) is 39.3 Å². The zero-order chi connectivity index (χ0) is 13.2. The van der Waals surface area contributed by atoms with Gasteiger partial charge in [-0.05, 0) is 31.6 Å². The summed E-state index contributed by atoms with van der Waals surface area (Å²) in [5, 5.41) is 12.5. The third-order valence-electron chi connectivity index (χ3n) is 4.43. The number of carboxylic acid groups (broad SMARTS) is 1. The molecular weight excluding hydrogens is 242 g/mol. The molecule has 0 aromatic rings. The molecular formula is C14H25N3O2. The lowest BCUT2D eigenvalue weighted by molar-refractivity contribution is -0.140. The summed E-state index contributed by atoms with van der Waals surface area (Å²) in [5.74, 6) is 0.252. The highest BCUT2D eigenvalue weighted by atomic mass is 16.4. The van der Waals surface area contributed by atoms with Crippen molar-refractivity contribution in [1.29, 1.82) is 0 Å². The largest absolute Gasteiger partial charge is 0.480 e. The van der Waals surface area contributed by atoms with Crippen molar-refractivity contribution in [2.45, 2.75) is 37.8 Å². The Labute approximate surface area is 114 Å². The molecule has 0 amide bonds. The predicted octanol–water partition coefficient (Wildman–Crippen LogP) is 0.219. The zero-order valence-corrected chi connectivity index (χ0v) is 11.6. The number of rotatable bonds is 7. The van der Waals surface area contributed by atoms with Crippen molar-refractivity contribution in [3.8, 4) is 0 Å². The van der Waals surface area contributed by atoms with Gasteiger partial charge >= 0.3 is 5.97 Å². The van der Waals surface area contributed by atoms with Crippen LogP contribution in [0.25, 0.3) is 0 Å². The van der Waals surface area contributed by atoms with Crippen LogP contribution in [0, 0.1) is 5.92 Å². The summed E-state index contributed by atoms with van der Waals surface area (Å²) in [6.45, 7) is 6.16. The smallest absolute Gasteiger partial charge is 0.322 e. The lowest BCUT2D eigenvalue weighted by Crippen LogP contribution is -2.53. The van der Waals surface area contributed by atoms with E-state index in [0.29, 0.717) is 12.6 Å². The van der Waals surface area contributed by atoms with Crippen LogP contribution in [0.5, 0.6) is 0 Å². The van der Waals surface area contributed by atoms with Gasteiger partial charge in [-0.3, -0.25) is 9.69 Å². The lowest BCUT2D eigenvalue weighted by atomic mass is 10.2. The summed E-state index contributed by atoms with van der Waals surface area (Å²) < 4.78 is 0. The molecule has 1 atom stereocenters. The van der Waals surface area contributed by atoms with Crippen molar-refractivity contribution in [1.82, 2.24) is 15.1 Å². The molecule has 0 aromatic carbocycles. The van der Waals surface area contributed by atoms with Gasteiger partial charge in [0.25, 0.3) is 0 Å². The van der Waals surface area contributed by atoms with E-state index < -0.39 is 5.97 Å². The minimum absolute atomic E-state index is 0.387. The molecule has 1 aliphatic heterocycles. The molecule has 0 aromatic heterocycles. The number of carbonyl (C=O) groups is 1. The fraction of sp³-hybridized carbons (Fsp3) is 0.929. The molecule has 3 rings (SSSR count). The van der Waals surface area contributed by atoms with E-state index >= 15 is 0 Å². The number of aliphatic carboxylic acids is 1. The third-order valence-corrected chi connectivity index (χ3v) is 4.43. The van der Waals surface area contributed by atoms with Gasteiger partial charge in [0.05, 0.1) is 0 Å². The van der Waals surface area contributed by atoms with E-state index in [9.17, 15) is 9.90 Å². The summed E-state index contributed by atoms with van der Waals surface area (Å²) in [5.41, 5.74) is 0. The van der Waals surface area contributed by atoms with E-state index in [1.165, 1.54) is 19.4 Å². The summed E-state index contributed by atoms with van der Waals surface area (Å²) in [6, 6.07) is 0.0692. The second-order valence-electron chi connectivity index (χ2n) is 6.38. The van der Waals surface area contributed by atoms with Gasteiger partial charge in [-0.25, -0.2) is 0 Å². The van der Waals surface area contributed by atoms with E-state index in [-0.39, 0.29) is 6.04 Å². The molecule has 1 saturated heterocycles. The maximum absolute atomic E-state index is 11.3. The molecule has 108 valence electrons. The second-order valence-corrected chi connectivity index (χ2v) is 6.38. The first kappa shape index (κ1) is 13.3. The number of hydrogen-bond donors (Lipinski definition) is 2. The van der Waals surface area contributed by atoms with Crippen LogP contribution in [-0.4, -0.2) is 72.2 Å². The first-order valence-corrected chi connectivity index (χ1v) is 7.64. The highest BCUT2D eigenvalue weighted by Crippen LogP contribution is 2.29. The van der Waals surface area contributed by atoms with Crippen LogP contribution in [0.15, 0.2) is 0 Å². The van der Waals surface area contributed by atoms with Gasteiger partial charge in [0.1, 0.15) is 6.04 Å². The molecule has 0 spiro atoms. The van der Waals surface area contributed by atoms with Crippen LogP contribution in [0.4, 0.5) is 0 Å². The summed E-state index contributed by atoms with van der Waals surface area (Å²) in [7, 11) is 0. The van der Waals surface area contributed by atoms with Crippen LogP contribution in [0.1, 0.15) is 25.7 Å². The summed E-state index contributed by atoms with van der Waals surface area (Å²) in [6.07, 6.45) is 5.09. The van der Waals surface area contributed by atoms with Crippen LogP contribution >= 0.6 is 0 Å². The standard InChI is InChI=1S/C14H25N3O2/c18-14(19)13(15-12-3-4-12)10-17-7-5-16(6-8-17)9-11-1-2-11/h11-13,15H,1-10H2,(H,18,19). The Morgan fingerprint density at radius 2 is 1.74 bits per heavy atom. The van der Waals surface area contributed by atoms with Gasteiger partial charge in [-0.1, -0.05) is 0 Å². The van der Waals surface area contributed by atoms with Crippen LogP contribution in [0.2, 0.25) is 0 Å². The van der Waals surface area contributed by atoms with Gasteiger partial charge in [0.15, 0.2) is 0 Å².